The second-order valence-corrected chi connectivity index (χ2v) is 2.37. The molecule has 0 aliphatic carbocycles. The molecule has 0 heterocycles. The summed E-state index contributed by atoms with van der Waals surface area (Å²) in [6.45, 7) is 4.08. The van der Waals surface area contributed by atoms with E-state index in [-0.39, 0.29) is 6.67 Å². The van der Waals surface area contributed by atoms with Gasteiger partial charge in [0.25, 0.3) is 0 Å². The Bertz CT molecular complexity index is 37.7. The molecule has 1 atom stereocenters. The molecule has 1 heteroatoms. The summed E-state index contributed by atoms with van der Waals surface area (Å²) in [5.74, 6) is 0.588. The first-order valence-corrected chi connectivity index (χ1v) is 3.37. The van der Waals surface area contributed by atoms with Gasteiger partial charge in [-0.05, 0) is 12.3 Å². The van der Waals surface area contributed by atoms with Crippen LogP contribution in [0.2, 0.25) is 0 Å². The van der Waals surface area contributed by atoms with Gasteiger partial charge in [-0.1, -0.05) is 26.7 Å². The summed E-state index contributed by atoms with van der Waals surface area (Å²) in [5.41, 5.74) is 0. The molecule has 0 fully saturated rings. The van der Waals surface area contributed by atoms with E-state index in [2.05, 4.69) is 13.8 Å². The van der Waals surface area contributed by atoms with Crippen molar-refractivity contribution in [3.63, 3.8) is 0 Å². The second kappa shape index (κ2) is 5.07. The summed E-state index contributed by atoms with van der Waals surface area (Å²) in [5, 5.41) is 0. The molecule has 0 rings (SSSR count). The monoisotopic (exact) mass is 118 g/mol. The molecule has 0 N–H and O–H groups in total. The van der Waals surface area contributed by atoms with Crippen molar-refractivity contribution in [3.05, 3.63) is 0 Å². The lowest BCUT2D eigenvalue weighted by Gasteiger charge is -2.04. The van der Waals surface area contributed by atoms with Crippen LogP contribution in [0.4, 0.5) is 4.39 Å². The van der Waals surface area contributed by atoms with Gasteiger partial charge < -0.3 is 0 Å². The van der Waals surface area contributed by atoms with Crippen molar-refractivity contribution >= 4 is 0 Å². The molecular formula is C7H15F. The van der Waals surface area contributed by atoms with Crippen molar-refractivity contribution in [1.82, 2.24) is 0 Å². The molecule has 0 unspecified atom stereocenters. The van der Waals surface area contributed by atoms with Gasteiger partial charge in [0.05, 0.1) is 6.67 Å². The summed E-state index contributed by atoms with van der Waals surface area (Å²) in [6, 6.07) is 0. The molecular weight excluding hydrogens is 103 g/mol. The third kappa shape index (κ3) is 4.10. The summed E-state index contributed by atoms with van der Waals surface area (Å²) in [6.07, 6.45) is 3.10. The quantitative estimate of drug-likeness (QED) is 0.532. The molecule has 0 nitrogen and oxygen atoms in total. The van der Waals surface area contributed by atoms with Crippen LogP contribution in [0.5, 0.6) is 0 Å². The number of hydrogen-bond acceptors (Lipinski definition) is 0. The standard InChI is InChI=1S/C7H15F/c1-3-4-7(2)5-6-8/h7H,3-6H2,1-2H3/t7-/m0/s1. The van der Waals surface area contributed by atoms with Crippen LogP contribution in [-0.2, 0) is 0 Å². The Morgan fingerprint density at radius 2 is 2.00 bits per heavy atom. The number of halogens is 1. The van der Waals surface area contributed by atoms with Gasteiger partial charge in [-0.25, -0.2) is 0 Å². The average Bonchev–Trinajstić information content (AvgIpc) is 1.68. The molecule has 0 aromatic carbocycles. The van der Waals surface area contributed by atoms with Gasteiger partial charge in [0.2, 0.25) is 0 Å². The van der Waals surface area contributed by atoms with Gasteiger partial charge in [0.1, 0.15) is 0 Å². The molecule has 0 saturated heterocycles. The zero-order valence-electron chi connectivity index (χ0n) is 5.78. The summed E-state index contributed by atoms with van der Waals surface area (Å²) in [4.78, 5) is 0. The van der Waals surface area contributed by atoms with Crippen LogP contribution in [0, 0.1) is 5.92 Å². The molecule has 8 heavy (non-hydrogen) atoms. The van der Waals surface area contributed by atoms with E-state index in [0.717, 1.165) is 6.42 Å². The molecule has 0 aliphatic heterocycles. The van der Waals surface area contributed by atoms with Crippen LogP contribution >= 0.6 is 0 Å². The van der Waals surface area contributed by atoms with Gasteiger partial charge in [0.15, 0.2) is 0 Å². The van der Waals surface area contributed by atoms with Crippen LogP contribution in [0.15, 0.2) is 0 Å². The van der Waals surface area contributed by atoms with E-state index in [1.807, 2.05) is 0 Å². The van der Waals surface area contributed by atoms with Crippen molar-refractivity contribution < 1.29 is 4.39 Å². The van der Waals surface area contributed by atoms with Crippen LogP contribution in [-0.4, -0.2) is 6.67 Å². The highest BCUT2D eigenvalue weighted by Crippen LogP contribution is 2.08. The van der Waals surface area contributed by atoms with Crippen molar-refractivity contribution in [3.8, 4) is 0 Å². The van der Waals surface area contributed by atoms with Crippen LogP contribution < -0.4 is 0 Å². The maximum absolute atomic E-state index is 11.6. The van der Waals surface area contributed by atoms with E-state index in [1.54, 1.807) is 0 Å². The van der Waals surface area contributed by atoms with E-state index >= 15 is 0 Å². The molecule has 0 spiro atoms. The smallest absolute Gasteiger partial charge is 0.0897 e. The number of hydrogen-bond donors (Lipinski definition) is 0. The zero-order chi connectivity index (χ0) is 6.41. The molecule has 0 saturated carbocycles. The molecule has 0 bridgehead atoms. The minimum absolute atomic E-state index is 0.152. The fourth-order valence-electron chi connectivity index (χ4n) is 0.823. The molecule has 0 aromatic rings. The van der Waals surface area contributed by atoms with Gasteiger partial charge in [0, 0.05) is 0 Å². The Morgan fingerprint density at radius 3 is 2.38 bits per heavy atom. The van der Waals surface area contributed by atoms with E-state index < -0.39 is 0 Å². The first kappa shape index (κ1) is 7.93. The maximum atomic E-state index is 11.6. The fraction of sp³-hybridized carbons (Fsp3) is 1.00. The zero-order valence-corrected chi connectivity index (χ0v) is 5.78. The molecule has 0 aromatic heterocycles. The van der Waals surface area contributed by atoms with Crippen LogP contribution in [0.3, 0.4) is 0 Å². The van der Waals surface area contributed by atoms with Gasteiger partial charge in [-0.3, -0.25) is 4.39 Å². The number of rotatable bonds is 4. The van der Waals surface area contributed by atoms with Crippen molar-refractivity contribution in [1.29, 1.82) is 0 Å². The topological polar surface area (TPSA) is 0 Å². The highest BCUT2D eigenvalue weighted by atomic mass is 19.1. The third-order valence-corrected chi connectivity index (χ3v) is 1.38. The minimum atomic E-state index is -0.152. The second-order valence-electron chi connectivity index (χ2n) is 2.37. The van der Waals surface area contributed by atoms with Crippen LogP contribution in [0.1, 0.15) is 33.1 Å². The number of alkyl halides is 1. The lowest BCUT2D eigenvalue weighted by atomic mass is 10.0. The lowest BCUT2D eigenvalue weighted by molar-refractivity contribution is 0.387. The Kier molecular flexibility index (Phi) is 5.03. The lowest BCUT2D eigenvalue weighted by Crippen LogP contribution is -1.93. The Labute approximate surface area is 51.1 Å². The Hall–Kier alpha value is -0.0700. The molecule has 0 radical (unpaired) electrons. The predicted octanol–water partition coefficient (Wildman–Crippen LogP) is 2.78. The summed E-state index contributed by atoms with van der Waals surface area (Å²) in [7, 11) is 0. The van der Waals surface area contributed by atoms with Crippen molar-refractivity contribution in [2.24, 2.45) is 5.92 Å². The molecule has 50 valence electrons. The highest BCUT2D eigenvalue weighted by Gasteiger charge is 1.97. The fourth-order valence-corrected chi connectivity index (χ4v) is 0.823. The van der Waals surface area contributed by atoms with Gasteiger partial charge in [-0.15, -0.1) is 0 Å². The van der Waals surface area contributed by atoms with E-state index in [4.69, 9.17) is 0 Å². The van der Waals surface area contributed by atoms with E-state index in [1.165, 1.54) is 12.8 Å². The van der Waals surface area contributed by atoms with Crippen molar-refractivity contribution in [2.45, 2.75) is 33.1 Å². The minimum Gasteiger partial charge on any atom is -0.251 e. The molecule has 0 amide bonds. The third-order valence-electron chi connectivity index (χ3n) is 1.38. The van der Waals surface area contributed by atoms with Gasteiger partial charge >= 0.3 is 0 Å². The normalized spacial score (nSPS) is 13.9. The Morgan fingerprint density at radius 1 is 1.38 bits per heavy atom. The molecule has 0 aliphatic rings. The SMILES string of the molecule is CCC[C@H](C)CCF. The van der Waals surface area contributed by atoms with Crippen LogP contribution in [0.25, 0.3) is 0 Å². The summed E-state index contributed by atoms with van der Waals surface area (Å²) >= 11 is 0. The maximum Gasteiger partial charge on any atom is 0.0897 e. The largest absolute Gasteiger partial charge is 0.251 e. The highest BCUT2D eigenvalue weighted by molar-refractivity contribution is 4.49. The average molecular weight is 118 g/mol. The Balaban J connectivity index is 2.92. The first-order valence-electron chi connectivity index (χ1n) is 3.37. The first-order chi connectivity index (χ1) is 3.81. The van der Waals surface area contributed by atoms with Crippen molar-refractivity contribution in [2.75, 3.05) is 6.67 Å². The predicted molar refractivity (Wildman–Crippen MR) is 34.7 cm³/mol. The van der Waals surface area contributed by atoms with Gasteiger partial charge in [-0.2, -0.15) is 0 Å². The van der Waals surface area contributed by atoms with E-state index in [0.29, 0.717) is 5.92 Å². The van der Waals surface area contributed by atoms with E-state index in [9.17, 15) is 4.39 Å². The summed E-state index contributed by atoms with van der Waals surface area (Å²) < 4.78 is 11.6.